The third-order valence-electron chi connectivity index (χ3n) is 6.17. The number of rotatable bonds is 7. The first-order valence-corrected chi connectivity index (χ1v) is 11.1. The van der Waals surface area contributed by atoms with E-state index in [-0.39, 0.29) is 0 Å². The lowest BCUT2D eigenvalue weighted by Crippen LogP contribution is -2.54. The molecule has 0 saturated carbocycles. The molecule has 2 aromatic heterocycles. The standard InChI is InChI=1S/C27H26N6/c1-18-24-10-11-31-26(24)9-8-25(18)33-27-21(14-29-15-22(27)12-28)7-6-19-2-4-20(5-3-19)13-32-23-16-30-17-23/h2-11,14-15,23,30-32H,13,16-17H2,1H3,(H,29,33)/b7-6+. The van der Waals surface area contributed by atoms with Crippen LogP contribution in [0.25, 0.3) is 23.1 Å². The van der Waals surface area contributed by atoms with Crippen LogP contribution in [0.2, 0.25) is 0 Å². The Morgan fingerprint density at radius 2 is 1.94 bits per heavy atom. The van der Waals surface area contributed by atoms with Gasteiger partial charge in [0.2, 0.25) is 0 Å². The molecule has 0 bridgehead atoms. The van der Waals surface area contributed by atoms with Gasteiger partial charge in [-0.2, -0.15) is 5.26 Å². The molecule has 33 heavy (non-hydrogen) atoms. The molecule has 0 amide bonds. The predicted octanol–water partition coefficient (Wildman–Crippen LogP) is 4.72. The molecule has 164 valence electrons. The summed E-state index contributed by atoms with van der Waals surface area (Å²) in [5.41, 5.74) is 7.70. The predicted molar refractivity (Wildman–Crippen MR) is 134 cm³/mol. The van der Waals surface area contributed by atoms with Crippen LogP contribution in [0.15, 0.2) is 61.1 Å². The van der Waals surface area contributed by atoms with E-state index in [2.05, 4.69) is 75.3 Å². The fraction of sp³-hybridized carbons (Fsp3) is 0.185. The van der Waals surface area contributed by atoms with Crippen molar-refractivity contribution < 1.29 is 0 Å². The van der Waals surface area contributed by atoms with Crippen molar-refractivity contribution in [1.82, 2.24) is 20.6 Å². The molecule has 0 unspecified atom stereocenters. The van der Waals surface area contributed by atoms with Gasteiger partial charge in [-0.25, -0.2) is 0 Å². The van der Waals surface area contributed by atoms with Crippen molar-refractivity contribution in [1.29, 1.82) is 5.26 Å². The van der Waals surface area contributed by atoms with Crippen molar-refractivity contribution in [3.63, 3.8) is 0 Å². The number of nitriles is 1. The van der Waals surface area contributed by atoms with Crippen LogP contribution in [0.1, 0.15) is 27.8 Å². The minimum Gasteiger partial charge on any atom is -0.361 e. The molecular weight excluding hydrogens is 408 g/mol. The topological polar surface area (TPSA) is 88.6 Å². The second kappa shape index (κ2) is 9.29. The van der Waals surface area contributed by atoms with Crippen molar-refractivity contribution >= 4 is 34.4 Å². The number of nitrogens with zero attached hydrogens (tertiary/aromatic N) is 2. The lowest BCUT2D eigenvalue weighted by molar-refractivity contribution is 0.365. The molecule has 1 saturated heterocycles. The first-order chi connectivity index (χ1) is 16.2. The molecule has 4 N–H and O–H groups in total. The minimum atomic E-state index is 0.512. The molecule has 1 fully saturated rings. The van der Waals surface area contributed by atoms with Gasteiger partial charge in [0.15, 0.2) is 0 Å². The number of hydrogen-bond acceptors (Lipinski definition) is 5. The summed E-state index contributed by atoms with van der Waals surface area (Å²) in [5.74, 6) is 0. The lowest BCUT2D eigenvalue weighted by Gasteiger charge is -2.28. The van der Waals surface area contributed by atoms with E-state index in [4.69, 9.17) is 0 Å². The zero-order valence-electron chi connectivity index (χ0n) is 18.5. The van der Waals surface area contributed by atoms with Gasteiger partial charge in [0.25, 0.3) is 0 Å². The van der Waals surface area contributed by atoms with Gasteiger partial charge in [-0.3, -0.25) is 4.98 Å². The Labute approximate surface area is 193 Å². The molecule has 6 heteroatoms. The second-order valence-electron chi connectivity index (χ2n) is 8.38. The van der Waals surface area contributed by atoms with Crippen molar-refractivity contribution in [2.24, 2.45) is 0 Å². The van der Waals surface area contributed by atoms with Gasteiger partial charge in [0.1, 0.15) is 6.07 Å². The Morgan fingerprint density at radius 1 is 1.09 bits per heavy atom. The van der Waals surface area contributed by atoms with Gasteiger partial charge in [-0.1, -0.05) is 36.4 Å². The van der Waals surface area contributed by atoms with Crippen molar-refractivity contribution in [3.8, 4) is 6.07 Å². The highest BCUT2D eigenvalue weighted by molar-refractivity contribution is 5.90. The number of fused-ring (bicyclic) bond motifs is 1. The first-order valence-electron chi connectivity index (χ1n) is 11.1. The van der Waals surface area contributed by atoms with E-state index >= 15 is 0 Å². The number of benzene rings is 2. The number of aryl methyl sites for hydroxylation is 1. The van der Waals surface area contributed by atoms with E-state index in [1.807, 2.05) is 24.4 Å². The van der Waals surface area contributed by atoms with Crippen molar-refractivity contribution in [3.05, 3.63) is 88.9 Å². The third kappa shape index (κ3) is 4.51. The maximum absolute atomic E-state index is 9.69. The monoisotopic (exact) mass is 434 g/mol. The Bertz CT molecular complexity index is 1340. The number of nitrogens with one attached hydrogen (secondary N) is 4. The number of anilines is 2. The summed E-state index contributed by atoms with van der Waals surface area (Å²) >= 11 is 0. The van der Waals surface area contributed by atoms with Crippen LogP contribution in [-0.2, 0) is 6.54 Å². The zero-order valence-corrected chi connectivity index (χ0v) is 18.5. The van der Waals surface area contributed by atoms with Crippen LogP contribution in [0.5, 0.6) is 0 Å². The Hall–Kier alpha value is -3.92. The SMILES string of the molecule is Cc1c(Nc2c(C#N)cncc2/C=C/c2ccc(CNC3CNC3)cc2)ccc2[nH]ccc12. The summed E-state index contributed by atoms with van der Waals surface area (Å²) in [5, 5.41) is 21.1. The molecule has 1 aliphatic heterocycles. The quantitative estimate of drug-likeness (QED) is 0.338. The summed E-state index contributed by atoms with van der Waals surface area (Å²) in [6, 6.07) is 17.5. The first kappa shape index (κ1) is 21.0. The smallest absolute Gasteiger partial charge is 0.103 e. The highest BCUT2D eigenvalue weighted by atomic mass is 15.1. The van der Waals surface area contributed by atoms with Crippen LogP contribution in [0.4, 0.5) is 11.4 Å². The second-order valence-corrected chi connectivity index (χ2v) is 8.38. The molecular formula is C27H26N6. The molecule has 6 nitrogen and oxygen atoms in total. The van der Waals surface area contributed by atoms with Crippen LogP contribution in [0.3, 0.4) is 0 Å². The van der Waals surface area contributed by atoms with Gasteiger partial charge < -0.3 is 20.9 Å². The number of aromatic amines is 1. The molecule has 2 aromatic carbocycles. The molecule has 5 rings (SSSR count). The summed E-state index contributed by atoms with van der Waals surface area (Å²) in [6.07, 6.45) is 9.39. The van der Waals surface area contributed by atoms with Gasteiger partial charge in [0, 0.05) is 66.4 Å². The van der Waals surface area contributed by atoms with E-state index in [1.165, 1.54) is 5.56 Å². The minimum absolute atomic E-state index is 0.512. The Balaban J connectivity index is 1.37. The van der Waals surface area contributed by atoms with Gasteiger partial charge >= 0.3 is 0 Å². The molecule has 1 aliphatic rings. The molecule has 0 radical (unpaired) electrons. The van der Waals surface area contributed by atoms with Crippen molar-refractivity contribution in [2.45, 2.75) is 19.5 Å². The van der Waals surface area contributed by atoms with E-state index in [9.17, 15) is 5.26 Å². The summed E-state index contributed by atoms with van der Waals surface area (Å²) < 4.78 is 0. The largest absolute Gasteiger partial charge is 0.361 e. The van der Waals surface area contributed by atoms with E-state index in [0.717, 1.165) is 58.6 Å². The number of H-pyrrole nitrogens is 1. The molecule has 0 atom stereocenters. The van der Waals surface area contributed by atoms with Crippen LogP contribution in [0, 0.1) is 18.3 Å². The highest BCUT2D eigenvalue weighted by Crippen LogP contribution is 2.31. The number of hydrogen-bond donors (Lipinski definition) is 4. The normalized spacial score (nSPS) is 13.8. The van der Waals surface area contributed by atoms with Crippen LogP contribution >= 0.6 is 0 Å². The van der Waals surface area contributed by atoms with Gasteiger partial charge in [0.05, 0.1) is 11.3 Å². The van der Waals surface area contributed by atoms with Crippen LogP contribution < -0.4 is 16.0 Å². The van der Waals surface area contributed by atoms with E-state index in [0.29, 0.717) is 11.6 Å². The maximum atomic E-state index is 9.69. The van der Waals surface area contributed by atoms with Gasteiger partial charge in [-0.15, -0.1) is 0 Å². The molecule has 0 aliphatic carbocycles. The highest BCUT2D eigenvalue weighted by Gasteiger charge is 2.15. The fourth-order valence-corrected chi connectivity index (χ4v) is 4.01. The lowest BCUT2D eigenvalue weighted by atomic mass is 10.1. The summed E-state index contributed by atoms with van der Waals surface area (Å²) in [4.78, 5) is 7.51. The Kier molecular flexibility index (Phi) is 5.90. The molecule has 3 heterocycles. The molecule has 4 aromatic rings. The Morgan fingerprint density at radius 3 is 2.70 bits per heavy atom. The fourth-order valence-electron chi connectivity index (χ4n) is 4.01. The maximum Gasteiger partial charge on any atom is 0.103 e. The van der Waals surface area contributed by atoms with Crippen molar-refractivity contribution in [2.75, 3.05) is 18.4 Å². The number of aromatic nitrogens is 2. The van der Waals surface area contributed by atoms with Crippen LogP contribution in [-0.4, -0.2) is 29.1 Å². The summed E-state index contributed by atoms with van der Waals surface area (Å²) in [6.45, 7) is 5.06. The average Bonchev–Trinajstić information content (AvgIpc) is 3.29. The molecule has 0 spiro atoms. The van der Waals surface area contributed by atoms with Gasteiger partial charge in [-0.05, 0) is 41.8 Å². The number of pyridine rings is 1. The van der Waals surface area contributed by atoms with E-state index in [1.54, 1.807) is 12.4 Å². The summed E-state index contributed by atoms with van der Waals surface area (Å²) in [7, 11) is 0. The van der Waals surface area contributed by atoms with E-state index < -0.39 is 0 Å². The third-order valence-corrected chi connectivity index (χ3v) is 6.17. The zero-order chi connectivity index (χ0) is 22.6. The average molecular weight is 435 g/mol.